The first kappa shape index (κ1) is 11.2. The largest absolute Gasteiger partial charge is 0.313 e. The van der Waals surface area contributed by atoms with Crippen molar-refractivity contribution >= 4 is 0 Å². The van der Waals surface area contributed by atoms with Crippen LogP contribution in [-0.4, -0.2) is 13.1 Å². The third-order valence-corrected chi connectivity index (χ3v) is 4.39. The fourth-order valence-electron chi connectivity index (χ4n) is 3.49. The van der Waals surface area contributed by atoms with Crippen molar-refractivity contribution < 1.29 is 0 Å². The van der Waals surface area contributed by atoms with Crippen LogP contribution in [0.25, 0.3) is 0 Å². The quantitative estimate of drug-likeness (QED) is 0.698. The first-order valence-electron chi connectivity index (χ1n) is 6.69. The Kier molecular flexibility index (Phi) is 3.85. The molecule has 0 radical (unpaired) electrons. The lowest BCUT2D eigenvalue weighted by molar-refractivity contribution is 0.331. The number of nitrogens with one attached hydrogen (secondary N) is 1. The Labute approximate surface area is 94.3 Å². The number of hydrogen-bond donors (Lipinski definition) is 1. The second-order valence-corrected chi connectivity index (χ2v) is 5.36. The van der Waals surface area contributed by atoms with Crippen molar-refractivity contribution in [2.45, 2.75) is 57.9 Å². The molecule has 86 valence electrons. The molecule has 0 bridgehead atoms. The van der Waals surface area contributed by atoms with Crippen molar-refractivity contribution in [3.63, 3.8) is 0 Å². The Morgan fingerprint density at radius 2 is 2.13 bits per heavy atom. The molecule has 1 saturated carbocycles. The van der Waals surface area contributed by atoms with Gasteiger partial charge in [0.25, 0.3) is 0 Å². The first-order chi connectivity index (χ1) is 7.33. The Hall–Kier alpha value is -0.300. The topological polar surface area (TPSA) is 12.0 Å². The van der Waals surface area contributed by atoms with Gasteiger partial charge in [0, 0.05) is 6.04 Å². The zero-order valence-corrected chi connectivity index (χ0v) is 10.3. The van der Waals surface area contributed by atoms with Gasteiger partial charge in [0.1, 0.15) is 0 Å². The number of rotatable bonds is 3. The molecule has 2 rings (SSSR count). The number of hydrogen-bond acceptors (Lipinski definition) is 1. The van der Waals surface area contributed by atoms with Gasteiger partial charge in [-0.2, -0.15) is 0 Å². The zero-order chi connectivity index (χ0) is 10.7. The highest BCUT2D eigenvalue weighted by Gasteiger charge is 2.31. The molecule has 0 aromatic carbocycles. The summed E-state index contributed by atoms with van der Waals surface area (Å²) in [6.45, 7) is 2.44. The summed E-state index contributed by atoms with van der Waals surface area (Å²) in [5.74, 6) is 1.82. The smallest absolute Gasteiger partial charge is 0.0307 e. The molecule has 1 nitrogen and oxygen atoms in total. The Balaban J connectivity index is 2.05. The van der Waals surface area contributed by atoms with E-state index in [1.807, 2.05) is 0 Å². The SMILES string of the molecule is CNC(C1=CCCCC1)C1CCCC1C. The van der Waals surface area contributed by atoms with E-state index in [2.05, 4.69) is 25.4 Å². The third kappa shape index (κ3) is 2.44. The second kappa shape index (κ2) is 5.16. The molecule has 0 spiro atoms. The molecule has 0 aliphatic heterocycles. The fraction of sp³-hybridized carbons (Fsp3) is 0.857. The predicted molar refractivity (Wildman–Crippen MR) is 65.9 cm³/mol. The molecule has 3 unspecified atom stereocenters. The van der Waals surface area contributed by atoms with E-state index in [4.69, 9.17) is 0 Å². The van der Waals surface area contributed by atoms with Gasteiger partial charge in [-0.3, -0.25) is 0 Å². The maximum Gasteiger partial charge on any atom is 0.0307 e. The molecule has 1 fully saturated rings. The molecule has 1 N–H and O–H groups in total. The summed E-state index contributed by atoms with van der Waals surface area (Å²) in [7, 11) is 2.14. The van der Waals surface area contributed by atoms with Crippen molar-refractivity contribution in [2.24, 2.45) is 11.8 Å². The van der Waals surface area contributed by atoms with Crippen LogP contribution in [-0.2, 0) is 0 Å². The molecular weight excluding hydrogens is 182 g/mol. The maximum atomic E-state index is 3.58. The van der Waals surface area contributed by atoms with Crippen LogP contribution in [0.1, 0.15) is 51.9 Å². The average Bonchev–Trinajstić information content (AvgIpc) is 2.68. The van der Waals surface area contributed by atoms with Crippen molar-refractivity contribution in [1.82, 2.24) is 5.32 Å². The molecule has 2 aliphatic rings. The summed E-state index contributed by atoms with van der Waals surface area (Å²) in [5.41, 5.74) is 1.71. The summed E-state index contributed by atoms with van der Waals surface area (Å²) in [6.07, 6.45) is 12.3. The minimum Gasteiger partial charge on any atom is -0.313 e. The molecular formula is C14H25N. The highest BCUT2D eigenvalue weighted by molar-refractivity contribution is 5.15. The molecule has 0 aromatic rings. The van der Waals surface area contributed by atoms with Crippen LogP contribution in [0.4, 0.5) is 0 Å². The van der Waals surface area contributed by atoms with E-state index in [1.165, 1.54) is 44.9 Å². The highest BCUT2D eigenvalue weighted by atomic mass is 14.9. The zero-order valence-electron chi connectivity index (χ0n) is 10.3. The van der Waals surface area contributed by atoms with E-state index in [0.29, 0.717) is 6.04 Å². The summed E-state index contributed by atoms with van der Waals surface area (Å²) < 4.78 is 0. The lowest BCUT2D eigenvalue weighted by Crippen LogP contribution is -2.37. The average molecular weight is 207 g/mol. The standard InChI is InChI=1S/C14H25N/c1-11-7-6-10-13(11)14(15-2)12-8-4-3-5-9-12/h8,11,13-15H,3-7,9-10H2,1-2H3. The molecule has 2 aliphatic carbocycles. The van der Waals surface area contributed by atoms with Crippen molar-refractivity contribution in [3.8, 4) is 0 Å². The van der Waals surface area contributed by atoms with Gasteiger partial charge in [0.15, 0.2) is 0 Å². The van der Waals surface area contributed by atoms with E-state index in [9.17, 15) is 0 Å². The van der Waals surface area contributed by atoms with Gasteiger partial charge in [-0.1, -0.05) is 31.4 Å². The normalized spacial score (nSPS) is 33.9. The van der Waals surface area contributed by atoms with Crippen LogP contribution in [0, 0.1) is 11.8 Å². The van der Waals surface area contributed by atoms with Gasteiger partial charge in [-0.05, 0) is 51.0 Å². The molecule has 0 heterocycles. The summed E-state index contributed by atoms with van der Waals surface area (Å²) >= 11 is 0. The third-order valence-electron chi connectivity index (χ3n) is 4.39. The minimum absolute atomic E-state index is 0.683. The molecule has 3 atom stereocenters. The monoisotopic (exact) mass is 207 g/mol. The maximum absolute atomic E-state index is 3.58. The highest BCUT2D eigenvalue weighted by Crippen LogP contribution is 2.37. The van der Waals surface area contributed by atoms with Crippen LogP contribution in [0.15, 0.2) is 11.6 Å². The molecule has 0 amide bonds. The van der Waals surface area contributed by atoms with Crippen LogP contribution in [0.5, 0.6) is 0 Å². The van der Waals surface area contributed by atoms with Crippen LogP contribution in [0.3, 0.4) is 0 Å². The van der Waals surface area contributed by atoms with Crippen molar-refractivity contribution in [3.05, 3.63) is 11.6 Å². The van der Waals surface area contributed by atoms with E-state index in [1.54, 1.807) is 5.57 Å². The van der Waals surface area contributed by atoms with Crippen LogP contribution < -0.4 is 5.32 Å². The first-order valence-corrected chi connectivity index (χ1v) is 6.69. The number of likely N-dealkylation sites (N-methyl/N-ethyl adjacent to an activating group) is 1. The lowest BCUT2D eigenvalue weighted by Gasteiger charge is -2.30. The van der Waals surface area contributed by atoms with Gasteiger partial charge in [-0.25, -0.2) is 0 Å². The van der Waals surface area contributed by atoms with Gasteiger partial charge < -0.3 is 5.32 Å². The summed E-state index contributed by atoms with van der Waals surface area (Å²) in [6, 6.07) is 0.683. The molecule has 0 saturated heterocycles. The van der Waals surface area contributed by atoms with Crippen LogP contribution in [0.2, 0.25) is 0 Å². The predicted octanol–water partition coefficient (Wildman–Crippen LogP) is 3.51. The molecule has 15 heavy (non-hydrogen) atoms. The Morgan fingerprint density at radius 1 is 1.27 bits per heavy atom. The van der Waals surface area contributed by atoms with E-state index < -0.39 is 0 Å². The van der Waals surface area contributed by atoms with Gasteiger partial charge in [0.05, 0.1) is 0 Å². The van der Waals surface area contributed by atoms with Gasteiger partial charge in [-0.15, -0.1) is 0 Å². The summed E-state index contributed by atoms with van der Waals surface area (Å²) in [4.78, 5) is 0. The second-order valence-electron chi connectivity index (χ2n) is 5.36. The molecule has 0 aromatic heterocycles. The van der Waals surface area contributed by atoms with E-state index in [-0.39, 0.29) is 0 Å². The van der Waals surface area contributed by atoms with Crippen LogP contribution >= 0.6 is 0 Å². The number of allylic oxidation sites excluding steroid dienone is 1. The Bertz CT molecular complexity index is 231. The van der Waals surface area contributed by atoms with E-state index in [0.717, 1.165) is 11.8 Å². The summed E-state index contributed by atoms with van der Waals surface area (Å²) in [5, 5.41) is 3.58. The Morgan fingerprint density at radius 3 is 2.67 bits per heavy atom. The van der Waals surface area contributed by atoms with Gasteiger partial charge in [0.2, 0.25) is 0 Å². The van der Waals surface area contributed by atoms with Crippen molar-refractivity contribution in [2.75, 3.05) is 7.05 Å². The lowest BCUT2D eigenvalue weighted by atomic mass is 9.82. The fourth-order valence-corrected chi connectivity index (χ4v) is 3.49. The van der Waals surface area contributed by atoms with E-state index >= 15 is 0 Å². The van der Waals surface area contributed by atoms with Gasteiger partial charge >= 0.3 is 0 Å². The minimum atomic E-state index is 0.683. The molecule has 1 heteroatoms. The van der Waals surface area contributed by atoms with Crippen molar-refractivity contribution in [1.29, 1.82) is 0 Å².